The first kappa shape index (κ1) is 26.3. The number of benzene rings is 2. The molecule has 1 aliphatic heterocycles. The molecular formula is C28H30ClN5O3S. The average molecular weight is 552 g/mol. The zero-order chi connectivity index (χ0) is 27.1. The predicted octanol–water partition coefficient (Wildman–Crippen LogP) is 5.27. The SMILES string of the molecule is CC(C)(c1ccc(OCc2ccnc(NS(C)(=O)=O)n2)cc1)c1cc(Cl)c(N2CC3(CCC3)C2)c(C#N)c1. The van der Waals surface area contributed by atoms with Crippen LogP contribution in [0.4, 0.5) is 11.6 Å². The molecule has 3 aromatic rings. The molecule has 1 saturated carbocycles. The molecule has 1 aromatic heterocycles. The van der Waals surface area contributed by atoms with Crippen molar-refractivity contribution in [3.05, 3.63) is 76.1 Å². The van der Waals surface area contributed by atoms with E-state index in [2.05, 4.69) is 39.5 Å². The Bertz CT molecular complexity index is 1500. The van der Waals surface area contributed by atoms with Gasteiger partial charge in [-0.25, -0.2) is 18.4 Å². The molecular weight excluding hydrogens is 522 g/mol. The van der Waals surface area contributed by atoms with Crippen molar-refractivity contribution in [3.8, 4) is 11.8 Å². The van der Waals surface area contributed by atoms with Gasteiger partial charge in [-0.2, -0.15) is 5.26 Å². The van der Waals surface area contributed by atoms with Gasteiger partial charge in [0.1, 0.15) is 18.4 Å². The van der Waals surface area contributed by atoms with E-state index in [0.717, 1.165) is 36.2 Å². The predicted molar refractivity (Wildman–Crippen MR) is 148 cm³/mol. The van der Waals surface area contributed by atoms with Crippen LogP contribution in [-0.2, 0) is 22.0 Å². The summed E-state index contributed by atoms with van der Waals surface area (Å²) in [6.45, 7) is 6.34. The van der Waals surface area contributed by atoms with E-state index < -0.39 is 15.4 Å². The molecule has 8 nitrogen and oxygen atoms in total. The molecule has 0 unspecified atom stereocenters. The Hall–Kier alpha value is -3.35. The van der Waals surface area contributed by atoms with E-state index in [4.69, 9.17) is 16.3 Å². The van der Waals surface area contributed by atoms with Crippen molar-refractivity contribution >= 4 is 33.3 Å². The first-order valence-corrected chi connectivity index (χ1v) is 14.8. The lowest BCUT2D eigenvalue weighted by atomic mass is 9.63. The normalized spacial score (nSPS) is 16.3. The molecule has 2 heterocycles. The van der Waals surface area contributed by atoms with Gasteiger partial charge in [0.15, 0.2) is 0 Å². The summed E-state index contributed by atoms with van der Waals surface area (Å²) < 4.78 is 30.9. The van der Waals surface area contributed by atoms with Crippen LogP contribution in [0.15, 0.2) is 48.7 Å². The van der Waals surface area contributed by atoms with Crippen molar-refractivity contribution in [1.29, 1.82) is 5.26 Å². The van der Waals surface area contributed by atoms with Crippen LogP contribution < -0.4 is 14.4 Å². The minimum Gasteiger partial charge on any atom is -0.487 e. The molecule has 2 aliphatic rings. The summed E-state index contributed by atoms with van der Waals surface area (Å²) >= 11 is 6.78. The van der Waals surface area contributed by atoms with Gasteiger partial charge in [0.2, 0.25) is 16.0 Å². The highest BCUT2D eigenvalue weighted by Gasteiger charge is 2.48. The van der Waals surface area contributed by atoms with Gasteiger partial charge in [-0.05, 0) is 54.3 Å². The number of hydrogen-bond donors (Lipinski definition) is 1. The molecule has 1 saturated heterocycles. The van der Waals surface area contributed by atoms with Crippen molar-refractivity contribution in [1.82, 2.24) is 9.97 Å². The van der Waals surface area contributed by atoms with Crippen molar-refractivity contribution in [2.75, 3.05) is 29.0 Å². The lowest BCUT2D eigenvalue weighted by Crippen LogP contribution is -2.60. The maximum absolute atomic E-state index is 11.4. The van der Waals surface area contributed by atoms with E-state index >= 15 is 0 Å². The van der Waals surface area contributed by atoms with Crippen molar-refractivity contribution in [2.45, 2.75) is 45.1 Å². The molecule has 0 atom stereocenters. The van der Waals surface area contributed by atoms with E-state index in [9.17, 15) is 13.7 Å². The smallest absolute Gasteiger partial charge is 0.236 e. The Kier molecular flexibility index (Phi) is 6.74. The number of anilines is 2. The average Bonchev–Trinajstić information content (AvgIpc) is 2.81. The minimum atomic E-state index is -3.46. The Morgan fingerprint density at radius 2 is 1.87 bits per heavy atom. The number of ether oxygens (including phenoxy) is 1. The molecule has 2 aromatic carbocycles. The maximum atomic E-state index is 11.4. The van der Waals surface area contributed by atoms with Gasteiger partial charge >= 0.3 is 0 Å². The van der Waals surface area contributed by atoms with Gasteiger partial charge in [0.25, 0.3) is 0 Å². The third-order valence-corrected chi connectivity index (χ3v) is 8.48. The number of nitrogens with one attached hydrogen (secondary N) is 1. The summed E-state index contributed by atoms with van der Waals surface area (Å²) in [5.74, 6) is 0.651. The third kappa shape index (κ3) is 5.29. The van der Waals surface area contributed by atoms with Crippen LogP contribution in [0.25, 0.3) is 0 Å². The summed E-state index contributed by atoms with van der Waals surface area (Å²) in [5.41, 5.74) is 4.09. The molecule has 2 fully saturated rings. The van der Waals surface area contributed by atoms with Gasteiger partial charge in [0.05, 0.1) is 28.2 Å². The maximum Gasteiger partial charge on any atom is 0.236 e. The Labute approximate surface area is 228 Å². The second-order valence-corrected chi connectivity index (χ2v) is 13.0. The fourth-order valence-corrected chi connectivity index (χ4v) is 6.03. The van der Waals surface area contributed by atoms with Crippen LogP contribution in [0.1, 0.15) is 55.5 Å². The Balaban J connectivity index is 1.29. The zero-order valence-electron chi connectivity index (χ0n) is 21.7. The second-order valence-electron chi connectivity index (χ2n) is 10.9. The highest BCUT2D eigenvalue weighted by Crippen LogP contribution is 2.51. The number of nitriles is 1. The summed E-state index contributed by atoms with van der Waals surface area (Å²) in [6.07, 6.45) is 6.36. The van der Waals surface area contributed by atoms with Crippen LogP contribution in [0, 0.1) is 16.7 Å². The fourth-order valence-electron chi connectivity index (χ4n) is 5.26. The number of rotatable bonds is 8. The van der Waals surface area contributed by atoms with Crippen LogP contribution in [-0.4, -0.2) is 37.7 Å². The summed E-state index contributed by atoms with van der Waals surface area (Å²) in [5, 5.41) is 10.6. The summed E-state index contributed by atoms with van der Waals surface area (Å²) in [6, 6.07) is 15.8. The standard InChI is InChI=1S/C28H30ClN5O3S/c1-27(2,21-13-19(15-30)25(24(29)14-21)34-17-28(18-34)10-4-11-28)20-5-7-23(8-6-20)37-16-22-9-12-31-26(32-22)33-38(3,35)36/h5-9,12-14H,4,10-11,16-18H2,1-3H3,(H,31,32,33). The monoisotopic (exact) mass is 551 g/mol. The van der Waals surface area contributed by atoms with Crippen LogP contribution in [0.5, 0.6) is 5.75 Å². The molecule has 38 heavy (non-hydrogen) atoms. The lowest BCUT2D eigenvalue weighted by Gasteiger charge is -2.57. The van der Waals surface area contributed by atoms with Gasteiger partial charge in [0, 0.05) is 30.1 Å². The number of halogens is 1. The van der Waals surface area contributed by atoms with Gasteiger partial charge < -0.3 is 9.64 Å². The number of hydrogen-bond acceptors (Lipinski definition) is 7. The molecule has 0 radical (unpaired) electrons. The number of sulfonamides is 1. The lowest BCUT2D eigenvalue weighted by molar-refractivity contribution is 0.0904. The molecule has 198 valence electrons. The van der Waals surface area contributed by atoms with E-state index in [1.54, 1.807) is 6.07 Å². The molecule has 0 bridgehead atoms. The van der Waals surface area contributed by atoms with Crippen molar-refractivity contribution < 1.29 is 13.2 Å². The van der Waals surface area contributed by atoms with E-state index in [1.165, 1.54) is 25.5 Å². The van der Waals surface area contributed by atoms with Crippen molar-refractivity contribution in [3.63, 3.8) is 0 Å². The first-order valence-electron chi connectivity index (χ1n) is 12.5. The van der Waals surface area contributed by atoms with E-state index in [1.807, 2.05) is 36.4 Å². The molecule has 0 amide bonds. The van der Waals surface area contributed by atoms with Gasteiger partial charge in [-0.3, -0.25) is 4.72 Å². The zero-order valence-corrected chi connectivity index (χ0v) is 23.2. The second kappa shape index (κ2) is 9.75. The van der Waals surface area contributed by atoms with Crippen molar-refractivity contribution in [2.24, 2.45) is 5.41 Å². The molecule has 1 aliphatic carbocycles. The van der Waals surface area contributed by atoms with Crippen LogP contribution >= 0.6 is 11.6 Å². The number of aromatic nitrogens is 2. The molecule has 1 spiro atoms. The largest absolute Gasteiger partial charge is 0.487 e. The molecule has 5 rings (SSSR count). The highest BCUT2D eigenvalue weighted by atomic mass is 35.5. The van der Waals surface area contributed by atoms with E-state index in [-0.39, 0.29) is 12.6 Å². The quantitative estimate of drug-likeness (QED) is 0.406. The minimum absolute atomic E-state index is 0.00349. The highest BCUT2D eigenvalue weighted by molar-refractivity contribution is 7.91. The third-order valence-electron chi connectivity index (χ3n) is 7.64. The first-order chi connectivity index (χ1) is 18.0. The van der Waals surface area contributed by atoms with Crippen LogP contribution in [0.2, 0.25) is 5.02 Å². The Morgan fingerprint density at radius 1 is 1.16 bits per heavy atom. The fraction of sp³-hybridized carbons (Fsp3) is 0.393. The van der Waals surface area contributed by atoms with Gasteiger partial charge in [-0.1, -0.05) is 44.0 Å². The summed E-state index contributed by atoms with van der Waals surface area (Å²) in [4.78, 5) is 10.3. The topological polar surface area (TPSA) is 108 Å². The van der Waals surface area contributed by atoms with Crippen LogP contribution in [0.3, 0.4) is 0 Å². The Morgan fingerprint density at radius 3 is 2.47 bits per heavy atom. The number of nitrogens with zero attached hydrogens (tertiary/aromatic N) is 4. The molecule has 1 N–H and O–H groups in total. The molecule has 10 heteroatoms. The van der Waals surface area contributed by atoms with Gasteiger partial charge in [-0.15, -0.1) is 0 Å². The van der Waals surface area contributed by atoms with E-state index in [0.29, 0.717) is 27.4 Å². The summed E-state index contributed by atoms with van der Waals surface area (Å²) in [7, 11) is -3.46.